The van der Waals surface area contributed by atoms with Crippen LogP contribution in [-0.2, 0) is 11.2 Å². The lowest BCUT2D eigenvalue weighted by Crippen LogP contribution is -2.28. The molecule has 0 aliphatic carbocycles. The topological polar surface area (TPSA) is 81.0 Å². The Morgan fingerprint density at radius 3 is 2.42 bits per heavy atom. The van der Waals surface area contributed by atoms with Gasteiger partial charge in [0.05, 0.1) is 5.56 Å². The number of nitrogen functional groups attached to an aromatic ring is 1. The highest BCUT2D eigenvalue weighted by Gasteiger charge is 2.29. The lowest BCUT2D eigenvalue weighted by atomic mass is 9.88. The summed E-state index contributed by atoms with van der Waals surface area (Å²) in [4.78, 5) is 19.2. The van der Waals surface area contributed by atoms with Gasteiger partial charge in [0, 0.05) is 6.61 Å². The van der Waals surface area contributed by atoms with Gasteiger partial charge in [0.25, 0.3) is 5.56 Å². The molecule has 1 unspecified atom stereocenters. The number of H-pyrrole nitrogens is 1. The smallest absolute Gasteiger partial charge is 0.256 e. The Balaban J connectivity index is 3.23. The summed E-state index contributed by atoms with van der Waals surface area (Å²) < 4.78 is 5.71. The van der Waals surface area contributed by atoms with Crippen LogP contribution in [0.25, 0.3) is 0 Å². The Hall–Kier alpha value is -1.36. The van der Waals surface area contributed by atoms with Crippen molar-refractivity contribution in [2.75, 3.05) is 12.3 Å². The van der Waals surface area contributed by atoms with Crippen molar-refractivity contribution in [3.63, 3.8) is 0 Å². The maximum absolute atomic E-state index is 12.1. The molecule has 19 heavy (non-hydrogen) atoms. The van der Waals surface area contributed by atoms with E-state index in [1.165, 1.54) is 0 Å². The molecule has 1 heterocycles. The van der Waals surface area contributed by atoms with Gasteiger partial charge in [-0.25, -0.2) is 4.98 Å². The molecular weight excluding hydrogens is 242 g/mol. The minimum Gasteiger partial charge on any atom is -0.383 e. The van der Waals surface area contributed by atoms with Gasteiger partial charge in [-0.2, -0.15) is 0 Å². The van der Waals surface area contributed by atoms with Gasteiger partial charge < -0.3 is 15.5 Å². The normalized spacial score (nSPS) is 13.5. The fraction of sp³-hybridized carbons (Fsp3) is 0.714. The molecular formula is C14H25N3O2. The van der Waals surface area contributed by atoms with E-state index in [9.17, 15) is 4.79 Å². The van der Waals surface area contributed by atoms with Crippen LogP contribution >= 0.6 is 0 Å². The average Bonchev–Trinajstić information content (AvgIpc) is 2.29. The molecule has 1 aromatic heterocycles. The van der Waals surface area contributed by atoms with Crippen molar-refractivity contribution in [3.05, 3.63) is 21.7 Å². The molecule has 0 saturated carbocycles. The van der Waals surface area contributed by atoms with E-state index < -0.39 is 0 Å². The summed E-state index contributed by atoms with van der Waals surface area (Å²) in [5, 5.41) is 0. The highest BCUT2D eigenvalue weighted by molar-refractivity contribution is 5.38. The van der Waals surface area contributed by atoms with E-state index >= 15 is 0 Å². The van der Waals surface area contributed by atoms with Gasteiger partial charge in [-0.3, -0.25) is 4.79 Å². The second-order valence-corrected chi connectivity index (χ2v) is 5.77. The predicted octanol–water partition coefficient (Wildman–Crippen LogP) is 2.43. The SMILES string of the molecule is CCCc1c(N)nc(C(OCC)C(C)(C)C)[nH]c1=O. The summed E-state index contributed by atoms with van der Waals surface area (Å²) in [7, 11) is 0. The van der Waals surface area contributed by atoms with Crippen LogP contribution in [0.1, 0.15) is 58.5 Å². The number of nitrogens with one attached hydrogen (secondary N) is 1. The van der Waals surface area contributed by atoms with Crippen LogP contribution in [0.5, 0.6) is 0 Å². The molecule has 108 valence electrons. The van der Waals surface area contributed by atoms with Crippen molar-refractivity contribution in [3.8, 4) is 0 Å². The molecule has 1 aromatic rings. The highest BCUT2D eigenvalue weighted by atomic mass is 16.5. The number of ether oxygens (including phenoxy) is 1. The van der Waals surface area contributed by atoms with Gasteiger partial charge in [-0.1, -0.05) is 34.1 Å². The largest absolute Gasteiger partial charge is 0.383 e. The average molecular weight is 267 g/mol. The second kappa shape index (κ2) is 6.19. The van der Waals surface area contributed by atoms with Crippen molar-refractivity contribution in [1.82, 2.24) is 9.97 Å². The van der Waals surface area contributed by atoms with E-state index in [2.05, 4.69) is 9.97 Å². The van der Waals surface area contributed by atoms with E-state index in [1.54, 1.807) is 0 Å². The molecule has 0 radical (unpaired) electrons. The summed E-state index contributed by atoms with van der Waals surface area (Å²) >= 11 is 0. The quantitative estimate of drug-likeness (QED) is 0.858. The Labute approximate surface area is 114 Å². The molecule has 0 bridgehead atoms. The van der Waals surface area contributed by atoms with Gasteiger partial charge in [0.2, 0.25) is 0 Å². The zero-order chi connectivity index (χ0) is 14.6. The highest BCUT2D eigenvalue weighted by Crippen LogP contribution is 2.34. The van der Waals surface area contributed by atoms with Crippen LogP contribution in [-0.4, -0.2) is 16.6 Å². The molecule has 5 heteroatoms. The zero-order valence-electron chi connectivity index (χ0n) is 12.5. The van der Waals surface area contributed by atoms with Crippen LogP contribution < -0.4 is 11.3 Å². The van der Waals surface area contributed by atoms with Gasteiger partial charge in [-0.05, 0) is 18.8 Å². The molecule has 0 fully saturated rings. The second-order valence-electron chi connectivity index (χ2n) is 5.77. The first-order valence-corrected chi connectivity index (χ1v) is 6.81. The number of nitrogens with two attached hydrogens (primary N) is 1. The summed E-state index contributed by atoms with van der Waals surface area (Å²) in [6.45, 7) is 10.6. The van der Waals surface area contributed by atoms with E-state index in [0.29, 0.717) is 30.2 Å². The monoisotopic (exact) mass is 267 g/mol. The minimum absolute atomic E-state index is 0.154. The molecule has 0 amide bonds. The summed E-state index contributed by atoms with van der Waals surface area (Å²) in [5.41, 5.74) is 6.15. The molecule has 3 N–H and O–H groups in total. The van der Waals surface area contributed by atoms with Crippen LogP contribution in [0.3, 0.4) is 0 Å². The van der Waals surface area contributed by atoms with Crippen LogP contribution in [0, 0.1) is 5.41 Å². The first-order valence-electron chi connectivity index (χ1n) is 6.81. The molecule has 5 nitrogen and oxygen atoms in total. The van der Waals surface area contributed by atoms with Gasteiger partial charge >= 0.3 is 0 Å². The Morgan fingerprint density at radius 1 is 1.37 bits per heavy atom. The number of rotatable bonds is 5. The zero-order valence-corrected chi connectivity index (χ0v) is 12.5. The lowest BCUT2D eigenvalue weighted by Gasteiger charge is -2.29. The number of anilines is 1. The van der Waals surface area contributed by atoms with Crippen molar-refractivity contribution in [1.29, 1.82) is 0 Å². The standard InChI is InChI=1S/C14H25N3O2/c1-6-8-9-11(15)16-12(17-13(9)18)10(19-7-2)14(3,4)5/h10H,6-8H2,1-5H3,(H3,15,16,17,18). The summed E-state index contributed by atoms with van der Waals surface area (Å²) in [6, 6.07) is 0. The van der Waals surface area contributed by atoms with Gasteiger partial charge in [0.15, 0.2) is 0 Å². The first-order chi connectivity index (χ1) is 8.81. The van der Waals surface area contributed by atoms with E-state index in [-0.39, 0.29) is 17.1 Å². The van der Waals surface area contributed by atoms with E-state index in [0.717, 1.165) is 6.42 Å². The maximum Gasteiger partial charge on any atom is 0.256 e. The predicted molar refractivity (Wildman–Crippen MR) is 77.1 cm³/mol. The van der Waals surface area contributed by atoms with Crippen LogP contribution in [0.15, 0.2) is 4.79 Å². The van der Waals surface area contributed by atoms with Crippen LogP contribution in [0.2, 0.25) is 0 Å². The Kier molecular flexibility index (Phi) is 5.11. The number of hydrogen-bond acceptors (Lipinski definition) is 4. The van der Waals surface area contributed by atoms with Crippen molar-refractivity contribution >= 4 is 5.82 Å². The van der Waals surface area contributed by atoms with Gasteiger partial charge in [-0.15, -0.1) is 0 Å². The van der Waals surface area contributed by atoms with Crippen molar-refractivity contribution < 1.29 is 4.74 Å². The molecule has 0 aliphatic rings. The number of hydrogen-bond donors (Lipinski definition) is 2. The number of aromatic nitrogens is 2. The Bertz CT molecular complexity index is 475. The third kappa shape index (κ3) is 3.80. The molecule has 0 saturated heterocycles. The van der Waals surface area contributed by atoms with Crippen molar-refractivity contribution in [2.24, 2.45) is 5.41 Å². The van der Waals surface area contributed by atoms with Crippen molar-refractivity contribution in [2.45, 2.75) is 53.6 Å². The van der Waals surface area contributed by atoms with E-state index in [4.69, 9.17) is 10.5 Å². The third-order valence-corrected chi connectivity index (χ3v) is 2.93. The number of aromatic amines is 1. The number of nitrogens with zero attached hydrogens (tertiary/aromatic N) is 1. The Morgan fingerprint density at radius 2 is 2.00 bits per heavy atom. The molecule has 1 rings (SSSR count). The molecule has 0 aromatic carbocycles. The lowest BCUT2D eigenvalue weighted by molar-refractivity contribution is -0.0192. The fourth-order valence-electron chi connectivity index (χ4n) is 2.05. The molecule has 0 aliphatic heterocycles. The summed E-state index contributed by atoms with van der Waals surface area (Å²) in [5.74, 6) is 0.825. The van der Waals surface area contributed by atoms with Crippen LogP contribution in [0.4, 0.5) is 5.82 Å². The molecule has 1 atom stereocenters. The fourth-order valence-corrected chi connectivity index (χ4v) is 2.05. The third-order valence-electron chi connectivity index (χ3n) is 2.93. The first kappa shape index (κ1) is 15.7. The molecule has 0 spiro atoms. The summed E-state index contributed by atoms with van der Waals surface area (Å²) in [6.07, 6.45) is 1.23. The minimum atomic E-state index is -0.275. The van der Waals surface area contributed by atoms with Gasteiger partial charge in [0.1, 0.15) is 17.7 Å². The van der Waals surface area contributed by atoms with E-state index in [1.807, 2.05) is 34.6 Å². The maximum atomic E-state index is 12.1.